The fraction of sp³-hybridized carbons (Fsp3) is 0.290. The molecule has 1 aromatic heterocycles. The topological polar surface area (TPSA) is 80.9 Å². The summed E-state index contributed by atoms with van der Waals surface area (Å²) in [6.45, 7) is 10.9. The summed E-state index contributed by atoms with van der Waals surface area (Å²) in [5.41, 5.74) is 9.92. The Kier molecular flexibility index (Phi) is 10.3. The molecule has 4 rings (SSSR count). The average molecular weight is 512 g/mol. The Labute approximate surface area is 225 Å². The van der Waals surface area contributed by atoms with Crippen molar-refractivity contribution in [2.45, 2.75) is 46.6 Å². The second-order valence-corrected chi connectivity index (χ2v) is 8.52. The maximum atomic E-state index is 12.5. The van der Waals surface area contributed by atoms with E-state index in [1.807, 2.05) is 44.2 Å². The number of hydrogen-bond acceptors (Lipinski definition) is 5. The highest BCUT2D eigenvalue weighted by Gasteiger charge is 2.19. The maximum absolute atomic E-state index is 12.5. The van der Waals surface area contributed by atoms with Crippen LogP contribution in [0, 0.1) is 0 Å². The minimum atomic E-state index is -0.354. The third-order valence-electron chi connectivity index (χ3n) is 6.15. The molecule has 198 valence electrons. The van der Waals surface area contributed by atoms with Gasteiger partial charge in [0.25, 0.3) is 0 Å². The van der Waals surface area contributed by atoms with Gasteiger partial charge in [-0.15, -0.1) is 0 Å². The molecule has 0 fully saturated rings. The van der Waals surface area contributed by atoms with Gasteiger partial charge in [-0.1, -0.05) is 93.6 Å². The van der Waals surface area contributed by atoms with E-state index in [4.69, 9.17) is 9.72 Å². The first-order valence-corrected chi connectivity index (χ1v) is 13.1. The van der Waals surface area contributed by atoms with Crippen LogP contribution in [0.1, 0.15) is 60.9 Å². The fourth-order valence-corrected chi connectivity index (χ4v) is 4.35. The van der Waals surface area contributed by atoms with Gasteiger partial charge in [0.15, 0.2) is 0 Å². The zero-order valence-corrected chi connectivity index (χ0v) is 23.0. The summed E-state index contributed by atoms with van der Waals surface area (Å²) in [4.78, 5) is 17.4. The van der Waals surface area contributed by atoms with Crippen molar-refractivity contribution in [3.63, 3.8) is 0 Å². The Hall–Kier alpha value is -4.26. The third-order valence-corrected chi connectivity index (χ3v) is 6.15. The quantitative estimate of drug-likeness (QED) is 0.136. The van der Waals surface area contributed by atoms with Gasteiger partial charge in [-0.2, -0.15) is 5.11 Å². The number of fused-ring (bicyclic) bond motifs is 1. The summed E-state index contributed by atoms with van der Waals surface area (Å²) in [7, 11) is 3.02. The summed E-state index contributed by atoms with van der Waals surface area (Å²) < 4.78 is 7.21. The molecule has 0 amide bonds. The van der Waals surface area contributed by atoms with Crippen LogP contribution in [-0.2, 0) is 17.7 Å². The van der Waals surface area contributed by atoms with Gasteiger partial charge >= 0.3 is 5.97 Å². The highest BCUT2D eigenvalue weighted by atomic mass is 16.5. The molecule has 0 saturated heterocycles. The summed E-state index contributed by atoms with van der Waals surface area (Å²) >= 11 is 0. The number of rotatable bonds is 10. The van der Waals surface area contributed by atoms with Crippen LogP contribution in [0.4, 0.5) is 0 Å². The maximum Gasteiger partial charge on any atom is 0.340 e. The molecule has 4 aromatic rings. The van der Waals surface area contributed by atoms with E-state index in [0.29, 0.717) is 17.8 Å². The van der Waals surface area contributed by atoms with Crippen molar-refractivity contribution in [3.8, 4) is 11.1 Å². The monoisotopic (exact) mass is 511 g/mol. The Morgan fingerprint density at radius 2 is 1.74 bits per heavy atom. The van der Waals surface area contributed by atoms with Crippen molar-refractivity contribution in [2.24, 2.45) is 10.3 Å². The number of nitrogens with zero attached hydrogens (tertiary/aromatic N) is 4. The molecule has 0 atom stereocenters. The van der Waals surface area contributed by atoms with E-state index in [0.717, 1.165) is 58.4 Å². The number of unbranched alkanes of at least 4 members (excludes halogenated alkanes) is 1. The first-order valence-electron chi connectivity index (χ1n) is 13.1. The van der Waals surface area contributed by atoms with Crippen LogP contribution in [-0.4, -0.2) is 29.7 Å². The second kappa shape index (κ2) is 13.9. The second-order valence-electron chi connectivity index (χ2n) is 8.52. The number of methoxy groups -OCH3 is 1. The predicted molar refractivity (Wildman–Crippen MR) is 155 cm³/mol. The predicted octanol–water partition coefficient (Wildman–Crippen LogP) is 7.46. The van der Waals surface area contributed by atoms with Crippen molar-refractivity contribution in [2.75, 3.05) is 14.2 Å². The van der Waals surface area contributed by atoms with Crippen LogP contribution in [0.15, 0.2) is 83.6 Å². The summed E-state index contributed by atoms with van der Waals surface area (Å²) in [5, 5.41) is 7.59. The van der Waals surface area contributed by atoms with E-state index < -0.39 is 0 Å². The Morgan fingerprint density at radius 1 is 1.03 bits per heavy atom. The van der Waals surface area contributed by atoms with Gasteiger partial charge in [-0.3, -0.25) is 5.43 Å². The van der Waals surface area contributed by atoms with Crippen molar-refractivity contribution in [1.29, 1.82) is 0 Å². The molecule has 38 heavy (non-hydrogen) atoms. The standard InChI is InChI=1S/C29H31N5O2.C2H6/c1-5-6-14-27-31-26-13-9-12-25(29(35)36-4)28(26)34(27)19-21-15-17-22(18-16-21)24-11-8-7-10-23(24)20(2)32-33-30-3;1-2/h7-13,15-18H,2,5-6,14,19H2,1,3-4H3,(H,30,32);1-2H3. The lowest BCUT2D eigenvalue weighted by atomic mass is 9.97. The van der Waals surface area contributed by atoms with Crippen LogP contribution < -0.4 is 5.43 Å². The fourth-order valence-electron chi connectivity index (χ4n) is 4.35. The number of hydrogen-bond donors (Lipinski definition) is 1. The van der Waals surface area contributed by atoms with Gasteiger partial charge in [-0.05, 0) is 35.2 Å². The van der Waals surface area contributed by atoms with E-state index in [-0.39, 0.29) is 5.97 Å². The van der Waals surface area contributed by atoms with Crippen molar-refractivity contribution >= 4 is 22.7 Å². The molecular weight excluding hydrogens is 474 g/mol. The third kappa shape index (κ3) is 6.35. The normalized spacial score (nSPS) is 10.8. The number of aryl methyl sites for hydroxylation is 1. The zero-order valence-electron chi connectivity index (χ0n) is 23.0. The Bertz CT molecular complexity index is 1400. The number of aromatic nitrogens is 2. The number of nitrogens with one attached hydrogen (secondary N) is 1. The number of esters is 1. The molecule has 0 saturated carbocycles. The van der Waals surface area contributed by atoms with Crippen LogP contribution in [0.2, 0.25) is 0 Å². The van der Waals surface area contributed by atoms with Gasteiger partial charge in [0.1, 0.15) is 5.82 Å². The molecule has 0 bridgehead atoms. The number of para-hydroxylation sites is 1. The summed E-state index contributed by atoms with van der Waals surface area (Å²) in [5.74, 6) is 0.622. The Balaban J connectivity index is 0.00000195. The minimum Gasteiger partial charge on any atom is -0.465 e. The molecular formula is C31H37N5O2. The molecule has 3 aromatic carbocycles. The van der Waals surface area contributed by atoms with E-state index >= 15 is 0 Å². The number of benzene rings is 3. The molecule has 0 radical (unpaired) electrons. The SMILES string of the molecule is C=C(NN=NC)c1ccccc1-c1ccc(Cn2c(CCCC)nc3cccc(C(=O)OC)c32)cc1.CC. The van der Waals surface area contributed by atoms with E-state index in [2.05, 4.69) is 64.2 Å². The smallest absolute Gasteiger partial charge is 0.340 e. The summed E-state index contributed by atoms with van der Waals surface area (Å²) in [6.07, 6.45) is 2.95. The number of ether oxygens (including phenoxy) is 1. The van der Waals surface area contributed by atoms with Gasteiger partial charge < -0.3 is 9.30 Å². The van der Waals surface area contributed by atoms with E-state index in [1.54, 1.807) is 13.1 Å². The van der Waals surface area contributed by atoms with Crippen LogP contribution in [0.3, 0.4) is 0 Å². The lowest BCUT2D eigenvalue weighted by Gasteiger charge is -2.14. The molecule has 0 unspecified atom stereocenters. The van der Waals surface area contributed by atoms with E-state index in [1.165, 1.54) is 7.11 Å². The number of carbonyl (C=O) groups excluding carboxylic acids is 1. The van der Waals surface area contributed by atoms with Crippen LogP contribution in [0.25, 0.3) is 27.9 Å². The summed E-state index contributed by atoms with van der Waals surface area (Å²) in [6, 6.07) is 22.1. The number of carbonyl (C=O) groups is 1. The van der Waals surface area contributed by atoms with Gasteiger partial charge in [-0.25, -0.2) is 9.78 Å². The Morgan fingerprint density at radius 3 is 2.42 bits per heavy atom. The van der Waals surface area contributed by atoms with Gasteiger partial charge in [0, 0.05) is 18.5 Å². The van der Waals surface area contributed by atoms with Gasteiger partial charge in [0.2, 0.25) is 0 Å². The van der Waals surface area contributed by atoms with Crippen molar-refractivity contribution in [1.82, 2.24) is 15.0 Å². The molecule has 7 heteroatoms. The van der Waals surface area contributed by atoms with Crippen LogP contribution >= 0.6 is 0 Å². The molecule has 7 nitrogen and oxygen atoms in total. The zero-order chi connectivity index (χ0) is 27.5. The van der Waals surface area contributed by atoms with E-state index in [9.17, 15) is 4.79 Å². The highest BCUT2D eigenvalue weighted by Crippen LogP contribution is 2.29. The van der Waals surface area contributed by atoms with Crippen molar-refractivity contribution < 1.29 is 9.53 Å². The average Bonchev–Trinajstić information content (AvgIpc) is 3.32. The first kappa shape index (κ1) is 28.3. The minimum absolute atomic E-state index is 0.354. The largest absolute Gasteiger partial charge is 0.465 e. The molecule has 0 spiro atoms. The molecule has 0 aliphatic rings. The molecule has 1 N–H and O–H groups in total. The first-order chi connectivity index (χ1) is 18.6. The number of imidazole rings is 1. The van der Waals surface area contributed by atoms with Gasteiger partial charge in [0.05, 0.1) is 36.5 Å². The van der Waals surface area contributed by atoms with Crippen molar-refractivity contribution in [3.05, 3.63) is 95.8 Å². The molecule has 0 aliphatic heterocycles. The van der Waals surface area contributed by atoms with Crippen LogP contribution in [0.5, 0.6) is 0 Å². The molecule has 1 heterocycles. The highest BCUT2D eigenvalue weighted by molar-refractivity contribution is 6.02. The lowest BCUT2D eigenvalue weighted by Crippen LogP contribution is -2.09. The molecule has 0 aliphatic carbocycles. The lowest BCUT2D eigenvalue weighted by molar-refractivity contribution is 0.0602.